The van der Waals surface area contributed by atoms with Crippen molar-refractivity contribution in [3.63, 3.8) is 0 Å². The number of carbonyl (C=O) groups excluding carboxylic acids is 1. The summed E-state index contributed by atoms with van der Waals surface area (Å²) in [6.07, 6.45) is 1.63. The van der Waals surface area contributed by atoms with Gasteiger partial charge in [0.05, 0.1) is 25.3 Å². The second-order valence-electron chi connectivity index (χ2n) is 7.25. The minimum absolute atomic E-state index is 0.0242. The molecule has 0 spiro atoms. The van der Waals surface area contributed by atoms with Crippen LogP contribution in [0, 0.1) is 11.8 Å². The van der Waals surface area contributed by atoms with E-state index in [0.717, 1.165) is 22.9 Å². The van der Waals surface area contributed by atoms with Crippen molar-refractivity contribution in [2.75, 3.05) is 18.2 Å². The Labute approximate surface area is 175 Å². The Hall–Kier alpha value is -1.99. The van der Waals surface area contributed by atoms with E-state index in [9.17, 15) is 4.79 Å². The first-order valence-electron chi connectivity index (χ1n) is 9.36. The Kier molecular flexibility index (Phi) is 6.67. The third-order valence-corrected chi connectivity index (χ3v) is 6.57. The zero-order valence-electron chi connectivity index (χ0n) is 16.5. The number of nitrogens with zero attached hydrogens (tertiary/aromatic N) is 1. The molecule has 0 aliphatic carbocycles. The van der Waals surface area contributed by atoms with Crippen LogP contribution < -0.4 is 10.1 Å². The first kappa shape index (κ1) is 20.7. The summed E-state index contributed by atoms with van der Waals surface area (Å²) in [6.45, 7) is 6.18. The van der Waals surface area contributed by atoms with E-state index in [-0.39, 0.29) is 23.9 Å². The van der Waals surface area contributed by atoms with Crippen molar-refractivity contribution in [3.05, 3.63) is 48.4 Å². The lowest BCUT2D eigenvalue weighted by atomic mass is 9.95. The van der Waals surface area contributed by atoms with Gasteiger partial charge in [-0.25, -0.2) is 0 Å². The summed E-state index contributed by atoms with van der Waals surface area (Å²) in [4.78, 5) is 15.2. The van der Waals surface area contributed by atoms with E-state index in [4.69, 9.17) is 21.4 Å². The molecule has 0 saturated carbocycles. The van der Waals surface area contributed by atoms with Crippen LogP contribution in [0.2, 0.25) is 0 Å². The molecule has 3 rings (SSSR count). The van der Waals surface area contributed by atoms with E-state index >= 15 is 0 Å². The number of thioether (sulfide) groups is 1. The maximum absolute atomic E-state index is 13.4. The fraction of sp³-hybridized carbons (Fsp3) is 0.429. The molecule has 28 heavy (non-hydrogen) atoms. The molecular weight excluding hydrogens is 392 g/mol. The molecule has 5 nitrogen and oxygen atoms in total. The minimum Gasteiger partial charge on any atom is -0.497 e. The molecule has 2 heterocycles. The van der Waals surface area contributed by atoms with Gasteiger partial charge in [0.25, 0.3) is 0 Å². The summed E-state index contributed by atoms with van der Waals surface area (Å²) in [6, 6.07) is 11.2. The Bertz CT molecular complexity index is 806. The van der Waals surface area contributed by atoms with Crippen LogP contribution in [0.4, 0.5) is 5.69 Å². The van der Waals surface area contributed by atoms with Crippen molar-refractivity contribution >= 4 is 39.9 Å². The third-order valence-electron chi connectivity index (χ3n) is 5.06. The van der Waals surface area contributed by atoms with Gasteiger partial charge in [-0.3, -0.25) is 9.69 Å². The summed E-state index contributed by atoms with van der Waals surface area (Å²) < 4.78 is 11.5. The first-order chi connectivity index (χ1) is 13.4. The number of thiocarbonyl (C=S) groups is 1. The molecule has 1 aromatic carbocycles. The molecule has 1 fully saturated rings. The number of nitrogens with one attached hydrogen (secondary N) is 1. The maximum atomic E-state index is 13.4. The van der Waals surface area contributed by atoms with Crippen molar-refractivity contribution < 1.29 is 13.9 Å². The largest absolute Gasteiger partial charge is 0.497 e. The van der Waals surface area contributed by atoms with Crippen LogP contribution in [-0.4, -0.2) is 34.0 Å². The van der Waals surface area contributed by atoms with Gasteiger partial charge in [0.2, 0.25) is 5.91 Å². The molecule has 2 aromatic rings. The second-order valence-corrected chi connectivity index (χ2v) is 8.90. The predicted octanol–water partition coefficient (Wildman–Crippen LogP) is 4.96. The van der Waals surface area contributed by atoms with Crippen LogP contribution in [0.25, 0.3) is 0 Å². The summed E-state index contributed by atoms with van der Waals surface area (Å²) in [5.74, 6) is 2.37. The van der Waals surface area contributed by atoms with Crippen molar-refractivity contribution in [1.82, 2.24) is 4.90 Å². The third kappa shape index (κ3) is 4.36. The molecule has 1 aliphatic heterocycles. The van der Waals surface area contributed by atoms with Crippen molar-refractivity contribution in [1.29, 1.82) is 0 Å². The number of rotatable bonds is 7. The number of benzene rings is 1. The normalized spacial score (nSPS) is 19.0. The monoisotopic (exact) mass is 418 g/mol. The molecule has 7 heteroatoms. The van der Waals surface area contributed by atoms with E-state index in [2.05, 4.69) is 19.2 Å². The summed E-state index contributed by atoms with van der Waals surface area (Å²) >= 11 is 7.07. The van der Waals surface area contributed by atoms with E-state index in [1.165, 1.54) is 0 Å². The number of ether oxygens (including phenoxy) is 1. The van der Waals surface area contributed by atoms with E-state index in [0.29, 0.717) is 10.2 Å². The van der Waals surface area contributed by atoms with Gasteiger partial charge in [-0.2, -0.15) is 0 Å². The molecule has 1 aromatic heterocycles. The SMILES string of the molecule is COc1ccc(N[C@H](c2ccco2)[C@@H](C)C(=O)N2C(=S)SC[C@@H]2C(C)C)cc1. The zero-order valence-corrected chi connectivity index (χ0v) is 18.2. The molecular formula is C21H26N2O3S2. The highest BCUT2D eigenvalue weighted by Gasteiger charge is 2.40. The predicted molar refractivity (Wildman–Crippen MR) is 118 cm³/mol. The highest BCUT2D eigenvalue weighted by atomic mass is 32.2. The standard InChI is InChI=1S/C21H26N2O3S2/c1-13(2)17-12-28-21(27)23(17)20(24)14(3)19(18-6-5-11-26-18)22-15-7-9-16(25-4)10-8-15/h5-11,13-14,17,19,22H,12H2,1-4H3/t14-,17-,19+/m1/s1. The smallest absolute Gasteiger partial charge is 0.233 e. The fourth-order valence-corrected chi connectivity index (χ4v) is 4.96. The average molecular weight is 419 g/mol. The summed E-state index contributed by atoms with van der Waals surface area (Å²) in [5, 5.41) is 3.45. The van der Waals surface area contributed by atoms with Crippen molar-refractivity contribution in [2.45, 2.75) is 32.9 Å². The van der Waals surface area contributed by atoms with Crippen LogP contribution in [0.1, 0.15) is 32.6 Å². The van der Waals surface area contributed by atoms with Gasteiger partial charge >= 0.3 is 0 Å². The Morgan fingerprint density at radius 3 is 2.57 bits per heavy atom. The minimum atomic E-state index is -0.355. The topological polar surface area (TPSA) is 54.7 Å². The number of hydrogen-bond acceptors (Lipinski definition) is 6. The number of furan rings is 1. The van der Waals surface area contributed by atoms with Crippen molar-refractivity contribution in [3.8, 4) is 5.75 Å². The van der Waals surface area contributed by atoms with Gasteiger partial charge in [-0.05, 0) is 42.3 Å². The molecule has 0 unspecified atom stereocenters. The Morgan fingerprint density at radius 1 is 1.29 bits per heavy atom. The maximum Gasteiger partial charge on any atom is 0.233 e. The number of hydrogen-bond donors (Lipinski definition) is 1. The number of anilines is 1. The van der Waals surface area contributed by atoms with Crippen molar-refractivity contribution in [2.24, 2.45) is 11.8 Å². The van der Waals surface area contributed by atoms with Crippen LogP contribution in [0.5, 0.6) is 5.75 Å². The van der Waals surface area contributed by atoms with Gasteiger partial charge in [0, 0.05) is 17.5 Å². The number of methoxy groups -OCH3 is 1. The average Bonchev–Trinajstić information content (AvgIpc) is 3.35. The number of amides is 1. The lowest BCUT2D eigenvalue weighted by molar-refractivity contribution is -0.133. The molecule has 1 aliphatic rings. The summed E-state index contributed by atoms with van der Waals surface area (Å²) in [7, 11) is 1.64. The van der Waals surface area contributed by atoms with Crippen LogP contribution in [0.3, 0.4) is 0 Å². The molecule has 3 atom stereocenters. The van der Waals surface area contributed by atoms with Gasteiger partial charge in [-0.15, -0.1) is 0 Å². The molecule has 1 amide bonds. The molecule has 0 bridgehead atoms. The highest BCUT2D eigenvalue weighted by molar-refractivity contribution is 8.23. The lowest BCUT2D eigenvalue weighted by Gasteiger charge is -2.32. The van der Waals surface area contributed by atoms with Gasteiger partial charge in [0.1, 0.15) is 15.8 Å². The molecule has 1 N–H and O–H groups in total. The van der Waals surface area contributed by atoms with Crippen LogP contribution >= 0.6 is 24.0 Å². The highest BCUT2D eigenvalue weighted by Crippen LogP contribution is 2.34. The summed E-state index contributed by atoms with van der Waals surface area (Å²) in [5.41, 5.74) is 0.889. The Morgan fingerprint density at radius 2 is 2.00 bits per heavy atom. The van der Waals surface area contributed by atoms with E-state index in [1.54, 1.807) is 30.0 Å². The first-order valence-corrected chi connectivity index (χ1v) is 10.8. The molecule has 150 valence electrons. The van der Waals surface area contributed by atoms with Crippen LogP contribution in [0.15, 0.2) is 47.1 Å². The van der Waals surface area contributed by atoms with E-state index in [1.807, 2.05) is 43.3 Å². The molecule has 1 saturated heterocycles. The van der Waals surface area contributed by atoms with Gasteiger partial charge in [0.15, 0.2) is 0 Å². The van der Waals surface area contributed by atoms with Crippen LogP contribution in [-0.2, 0) is 4.79 Å². The van der Waals surface area contributed by atoms with Gasteiger partial charge < -0.3 is 14.5 Å². The molecule has 0 radical (unpaired) electrons. The number of carbonyl (C=O) groups is 1. The van der Waals surface area contributed by atoms with E-state index < -0.39 is 0 Å². The lowest BCUT2D eigenvalue weighted by Crippen LogP contribution is -2.46. The quantitative estimate of drug-likeness (QED) is 0.641. The fourth-order valence-electron chi connectivity index (χ4n) is 3.32. The zero-order chi connectivity index (χ0) is 20.3. The Balaban J connectivity index is 1.85. The van der Waals surface area contributed by atoms with Gasteiger partial charge in [-0.1, -0.05) is 44.8 Å². The second kappa shape index (κ2) is 9.01.